The zero-order valence-corrected chi connectivity index (χ0v) is 12.1. The lowest BCUT2D eigenvalue weighted by molar-refractivity contribution is -0.113. The minimum absolute atomic E-state index is 0.0324. The van der Waals surface area contributed by atoms with Gasteiger partial charge in [-0.25, -0.2) is 0 Å². The van der Waals surface area contributed by atoms with Gasteiger partial charge in [-0.3, -0.25) is 9.89 Å². The van der Waals surface area contributed by atoms with Crippen molar-refractivity contribution in [2.45, 2.75) is 12.7 Å². The van der Waals surface area contributed by atoms with Crippen molar-refractivity contribution in [3.05, 3.63) is 33.1 Å². The van der Waals surface area contributed by atoms with E-state index in [1.807, 2.05) is 19.1 Å². The number of aromatic nitrogens is 2. The first kappa shape index (κ1) is 13.5. The predicted octanol–water partition coefficient (Wildman–Crippen LogP) is 3.30. The molecule has 2 aromatic heterocycles. The summed E-state index contributed by atoms with van der Waals surface area (Å²) in [5.41, 5.74) is 0.929. The first-order valence-electron chi connectivity index (χ1n) is 5.27. The molecule has 0 radical (unpaired) electrons. The summed E-state index contributed by atoms with van der Waals surface area (Å²) in [5, 5.41) is 9.37. The fourth-order valence-corrected chi connectivity index (χ4v) is 3.35. The van der Waals surface area contributed by atoms with E-state index >= 15 is 0 Å². The van der Waals surface area contributed by atoms with E-state index in [-0.39, 0.29) is 5.91 Å². The Labute approximate surface area is 118 Å². The summed E-state index contributed by atoms with van der Waals surface area (Å²) in [5.74, 6) is 1.84. The Hall–Kier alpha value is -0.980. The zero-order chi connectivity index (χ0) is 13.0. The van der Waals surface area contributed by atoms with Gasteiger partial charge in [0.25, 0.3) is 0 Å². The first-order valence-corrected chi connectivity index (χ1v) is 7.62. The summed E-state index contributed by atoms with van der Waals surface area (Å²) < 4.78 is 0.781. The molecule has 18 heavy (non-hydrogen) atoms. The molecule has 0 atom stereocenters. The smallest absolute Gasteiger partial charge is 0.235 e. The number of nitrogens with zero attached hydrogens (tertiary/aromatic N) is 1. The van der Waals surface area contributed by atoms with Crippen LogP contribution in [0.3, 0.4) is 0 Å². The Morgan fingerprint density at radius 2 is 2.44 bits per heavy atom. The van der Waals surface area contributed by atoms with E-state index in [0.717, 1.165) is 15.7 Å². The molecule has 0 saturated carbocycles. The number of amides is 1. The molecule has 0 spiro atoms. The second kappa shape index (κ2) is 6.26. The summed E-state index contributed by atoms with van der Waals surface area (Å²) >= 11 is 8.94. The molecule has 0 aliphatic rings. The van der Waals surface area contributed by atoms with Gasteiger partial charge in [-0.2, -0.15) is 5.10 Å². The maximum atomic E-state index is 11.7. The monoisotopic (exact) mass is 301 g/mol. The number of aromatic amines is 1. The van der Waals surface area contributed by atoms with Gasteiger partial charge < -0.3 is 5.32 Å². The summed E-state index contributed by atoms with van der Waals surface area (Å²) in [6.45, 7) is 1.89. The highest BCUT2D eigenvalue weighted by Crippen LogP contribution is 2.25. The highest BCUT2D eigenvalue weighted by Gasteiger charge is 2.06. The van der Waals surface area contributed by atoms with Crippen LogP contribution in [0.2, 0.25) is 4.34 Å². The van der Waals surface area contributed by atoms with Gasteiger partial charge in [0.2, 0.25) is 5.91 Å². The predicted molar refractivity (Wildman–Crippen MR) is 77.4 cm³/mol. The van der Waals surface area contributed by atoms with Crippen molar-refractivity contribution in [3.8, 4) is 0 Å². The average molecular weight is 302 g/mol. The van der Waals surface area contributed by atoms with Gasteiger partial charge in [-0.1, -0.05) is 11.6 Å². The molecule has 2 aromatic rings. The van der Waals surface area contributed by atoms with Gasteiger partial charge in [0.05, 0.1) is 16.3 Å². The Balaban J connectivity index is 1.74. The summed E-state index contributed by atoms with van der Waals surface area (Å²) in [6.07, 6.45) is 1.68. The standard InChI is InChI=1S/C11H12ClN3OS2/c1-7-4-13-15-11(7)14-10(16)6-17-5-8-2-3-9(12)18-8/h2-4H,5-6H2,1H3,(H2,13,14,15,16). The van der Waals surface area contributed by atoms with Crippen LogP contribution in [0.25, 0.3) is 0 Å². The molecular weight excluding hydrogens is 290 g/mol. The number of hydrogen-bond donors (Lipinski definition) is 2. The lowest BCUT2D eigenvalue weighted by Crippen LogP contribution is -2.15. The molecule has 2 N–H and O–H groups in total. The van der Waals surface area contributed by atoms with Crippen molar-refractivity contribution >= 4 is 46.4 Å². The quantitative estimate of drug-likeness (QED) is 0.891. The minimum atomic E-state index is -0.0324. The number of H-pyrrole nitrogens is 1. The van der Waals surface area contributed by atoms with E-state index in [2.05, 4.69) is 15.5 Å². The van der Waals surface area contributed by atoms with Crippen LogP contribution in [-0.2, 0) is 10.5 Å². The number of hydrogen-bond acceptors (Lipinski definition) is 4. The molecular formula is C11H12ClN3OS2. The second-order valence-corrected chi connectivity index (χ2v) is 6.46. The number of halogens is 1. The molecule has 0 fully saturated rings. The number of nitrogens with one attached hydrogen (secondary N) is 2. The van der Waals surface area contributed by atoms with Crippen molar-refractivity contribution in [2.24, 2.45) is 0 Å². The van der Waals surface area contributed by atoms with E-state index in [4.69, 9.17) is 11.6 Å². The van der Waals surface area contributed by atoms with Crippen LogP contribution in [0.15, 0.2) is 18.3 Å². The fraction of sp³-hybridized carbons (Fsp3) is 0.273. The topological polar surface area (TPSA) is 57.8 Å². The third-order valence-electron chi connectivity index (χ3n) is 2.20. The van der Waals surface area contributed by atoms with E-state index in [1.165, 1.54) is 4.88 Å². The number of carbonyl (C=O) groups excluding carboxylic acids is 1. The van der Waals surface area contributed by atoms with Crippen LogP contribution in [0.4, 0.5) is 5.82 Å². The van der Waals surface area contributed by atoms with Crippen molar-refractivity contribution in [3.63, 3.8) is 0 Å². The molecule has 96 valence electrons. The number of aryl methyl sites for hydroxylation is 1. The van der Waals surface area contributed by atoms with Gasteiger partial charge in [-0.05, 0) is 19.1 Å². The zero-order valence-electron chi connectivity index (χ0n) is 9.70. The van der Waals surface area contributed by atoms with Crippen LogP contribution in [0.5, 0.6) is 0 Å². The summed E-state index contributed by atoms with van der Waals surface area (Å²) in [6, 6.07) is 3.85. The lowest BCUT2D eigenvalue weighted by atomic mass is 10.4. The van der Waals surface area contributed by atoms with E-state index in [0.29, 0.717) is 11.6 Å². The lowest BCUT2D eigenvalue weighted by Gasteiger charge is -2.03. The molecule has 2 heterocycles. The van der Waals surface area contributed by atoms with Crippen LogP contribution >= 0.6 is 34.7 Å². The van der Waals surface area contributed by atoms with Crippen molar-refractivity contribution in [1.29, 1.82) is 0 Å². The van der Waals surface area contributed by atoms with Crippen molar-refractivity contribution < 1.29 is 4.79 Å². The molecule has 1 amide bonds. The van der Waals surface area contributed by atoms with Crippen molar-refractivity contribution in [1.82, 2.24) is 10.2 Å². The van der Waals surface area contributed by atoms with E-state index in [9.17, 15) is 4.79 Å². The summed E-state index contributed by atoms with van der Waals surface area (Å²) in [7, 11) is 0. The third kappa shape index (κ3) is 3.76. The average Bonchev–Trinajstić information content (AvgIpc) is 2.89. The number of carbonyl (C=O) groups is 1. The number of anilines is 1. The molecule has 0 aliphatic heterocycles. The Morgan fingerprint density at radius 1 is 1.61 bits per heavy atom. The first-order chi connectivity index (χ1) is 8.65. The van der Waals surface area contributed by atoms with Crippen LogP contribution in [-0.4, -0.2) is 21.9 Å². The molecule has 0 bridgehead atoms. The molecule has 0 saturated heterocycles. The molecule has 2 rings (SSSR count). The number of thiophene rings is 1. The molecule has 7 heteroatoms. The van der Waals surface area contributed by atoms with E-state index in [1.54, 1.807) is 29.3 Å². The minimum Gasteiger partial charge on any atom is -0.310 e. The Kier molecular flexibility index (Phi) is 4.68. The molecule has 0 aromatic carbocycles. The molecule has 0 unspecified atom stereocenters. The van der Waals surface area contributed by atoms with Crippen LogP contribution in [0.1, 0.15) is 10.4 Å². The maximum absolute atomic E-state index is 11.7. The SMILES string of the molecule is Cc1cn[nH]c1NC(=O)CSCc1ccc(Cl)s1. The van der Waals surface area contributed by atoms with Gasteiger partial charge in [0, 0.05) is 16.2 Å². The molecule has 4 nitrogen and oxygen atoms in total. The van der Waals surface area contributed by atoms with Crippen molar-refractivity contribution in [2.75, 3.05) is 11.1 Å². The van der Waals surface area contributed by atoms with Gasteiger partial charge in [-0.15, -0.1) is 23.1 Å². The van der Waals surface area contributed by atoms with Gasteiger partial charge >= 0.3 is 0 Å². The normalized spacial score (nSPS) is 10.6. The van der Waals surface area contributed by atoms with Crippen LogP contribution < -0.4 is 5.32 Å². The Morgan fingerprint density at radius 3 is 3.06 bits per heavy atom. The van der Waals surface area contributed by atoms with Gasteiger partial charge in [0.1, 0.15) is 5.82 Å². The largest absolute Gasteiger partial charge is 0.310 e. The van der Waals surface area contributed by atoms with Gasteiger partial charge in [0.15, 0.2) is 0 Å². The van der Waals surface area contributed by atoms with E-state index < -0.39 is 0 Å². The highest BCUT2D eigenvalue weighted by atomic mass is 35.5. The van der Waals surface area contributed by atoms with Crippen LogP contribution in [0, 0.1) is 6.92 Å². The number of rotatable bonds is 5. The summed E-state index contributed by atoms with van der Waals surface area (Å²) in [4.78, 5) is 12.8. The Bertz CT molecular complexity index is 538. The fourth-order valence-electron chi connectivity index (χ4n) is 1.32. The maximum Gasteiger partial charge on any atom is 0.235 e. The second-order valence-electron chi connectivity index (χ2n) is 3.67. The highest BCUT2D eigenvalue weighted by molar-refractivity contribution is 7.99. The number of thioether (sulfide) groups is 1. The third-order valence-corrected chi connectivity index (χ3v) is 4.59. The molecule has 0 aliphatic carbocycles.